The molecule has 0 bridgehead atoms. The molecular formula is C27H29FN2O4S. The zero-order valence-electron chi connectivity index (χ0n) is 19.9. The van der Waals surface area contributed by atoms with Crippen LogP contribution in [0.5, 0.6) is 11.5 Å². The molecule has 0 saturated heterocycles. The predicted molar refractivity (Wildman–Crippen MR) is 134 cm³/mol. The van der Waals surface area contributed by atoms with E-state index in [2.05, 4.69) is 0 Å². The molecule has 8 heteroatoms. The summed E-state index contributed by atoms with van der Waals surface area (Å²) in [5.74, 6) is 0.481. The highest BCUT2D eigenvalue weighted by Gasteiger charge is 2.33. The van der Waals surface area contributed by atoms with Gasteiger partial charge in [-0.25, -0.2) is 4.39 Å². The molecule has 3 aromatic rings. The van der Waals surface area contributed by atoms with E-state index in [1.807, 2.05) is 18.4 Å². The van der Waals surface area contributed by atoms with Crippen molar-refractivity contribution in [2.75, 3.05) is 33.4 Å². The number of ether oxygens (including phenoxy) is 2. The molecule has 1 aliphatic heterocycles. The van der Waals surface area contributed by atoms with Crippen LogP contribution in [0.1, 0.15) is 40.2 Å². The fourth-order valence-corrected chi connectivity index (χ4v) is 5.22. The number of fused-ring (bicyclic) bond motifs is 1. The minimum absolute atomic E-state index is 0.0175. The van der Waals surface area contributed by atoms with Gasteiger partial charge in [0.25, 0.3) is 5.91 Å². The Morgan fingerprint density at radius 1 is 1.14 bits per heavy atom. The van der Waals surface area contributed by atoms with Crippen molar-refractivity contribution in [3.8, 4) is 11.5 Å². The Morgan fingerprint density at radius 3 is 2.69 bits per heavy atom. The average Bonchev–Trinajstić information content (AvgIpc) is 3.36. The number of benzene rings is 2. The molecule has 0 saturated carbocycles. The van der Waals surface area contributed by atoms with Gasteiger partial charge in [-0.05, 0) is 72.3 Å². The molecule has 0 N–H and O–H groups in total. The van der Waals surface area contributed by atoms with E-state index in [1.54, 1.807) is 64.6 Å². The average molecular weight is 497 g/mol. The third-order valence-electron chi connectivity index (χ3n) is 6.06. The first-order valence-electron chi connectivity index (χ1n) is 11.7. The van der Waals surface area contributed by atoms with Crippen LogP contribution in [0, 0.1) is 5.82 Å². The number of hydrogen-bond acceptors (Lipinski definition) is 5. The Hall–Kier alpha value is -3.39. The van der Waals surface area contributed by atoms with Gasteiger partial charge in [-0.3, -0.25) is 9.59 Å². The molecule has 2 amide bonds. The number of halogens is 1. The first-order chi connectivity index (χ1) is 17.0. The van der Waals surface area contributed by atoms with Gasteiger partial charge in [0.05, 0.1) is 13.2 Å². The van der Waals surface area contributed by atoms with Crippen molar-refractivity contribution in [2.45, 2.75) is 25.8 Å². The zero-order chi connectivity index (χ0) is 24.8. The molecule has 35 heavy (non-hydrogen) atoms. The SMILES string of the molecule is CCCN(CC(=O)N1CCc2sccc2C1COc1ccc(F)cc1)C(=O)c1cccc(OC)c1. The van der Waals surface area contributed by atoms with Crippen molar-refractivity contribution in [1.29, 1.82) is 0 Å². The molecule has 0 radical (unpaired) electrons. The second-order valence-electron chi connectivity index (χ2n) is 8.38. The van der Waals surface area contributed by atoms with E-state index < -0.39 is 0 Å². The van der Waals surface area contributed by atoms with Gasteiger partial charge in [-0.2, -0.15) is 0 Å². The van der Waals surface area contributed by atoms with E-state index in [1.165, 1.54) is 17.0 Å². The lowest BCUT2D eigenvalue weighted by Gasteiger charge is -2.37. The second-order valence-corrected chi connectivity index (χ2v) is 9.38. The van der Waals surface area contributed by atoms with E-state index in [-0.39, 0.29) is 36.8 Å². The lowest BCUT2D eigenvalue weighted by Crippen LogP contribution is -2.48. The van der Waals surface area contributed by atoms with Crippen molar-refractivity contribution >= 4 is 23.2 Å². The molecule has 1 aliphatic rings. The van der Waals surface area contributed by atoms with E-state index in [9.17, 15) is 14.0 Å². The highest BCUT2D eigenvalue weighted by Crippen LogP contribution is 2.34. The number of amides is 2. The Kier molecular flexibility index (Phi) is 8.02. The summed E-state index contributed by atoms with van der Waals surface area (Å²) in [5, 5.41) is 2.03. The monoisotopic (exact) mass is 496 g/mol. The summed E-state index contributed by atoms with van der Waals surface area (Å²) in [7, 11) is 1.56. The van der Waals surface area contributed by atoms with E-state index >= 15 is 0 Å². The van der Waals surface area contributed by atoms with Gasteiger partial charge in [-0.1, -0.05) is 13.0 Å². The quantitative estimate of drug-likeness (QED) is 0.421. The molecule has 6 nitrogen and oxygen atoms in total. The third kappa shape index (κ3) is 5.82. The summed E-state index contributed by atoms with van der Waals surface area (Å²) >= 11 is 1.67. The summed E-state index contributed by atoms with van der Waals surface area (Å²) in [5.41, 5.74) is 1.55. The van der Waals surface area contributed by atoms with Gasteiger partial charge in [0, 0.05) is 23.5 Å². The summed E-state index contributed by atoms with van der Waals surface area (Å²) in [6.45, 7) is 3.23. The lowest BCUT2D eigenvalue weighted by atomic mass is 10.0. The highest BCUT2D eigenvalue weighted by atomic mass is 32.1. The van der Waals surface area contributed by atoms with Crippen molar-refractivity contribution < 1.29 is 23.5 Å². The Morgan fingerprint density at radius 2 is 1.94 bits per heavy atom. The van der Waals surface area contributed by atoms with Crippen molar-refractivity contribution in [3.05, 3.63) is 81.8 Å². The second kappa shape index (κ2) is 11.4. The Bertz CT molecular complexity index is 1160. The first kappa shape index (κ1) is 24.7. The summed E-state index contributed by atoms with van der Waals surface area (Å²) in [4.78, 5) is 31.4. The molecular weight excluding hydrogens is 467 g/mol. The van der Waals surface area contributed by atoms with Gasteiger partial charge < -0.3 is 19.3 Å². The van der Waals surface area contributed by atoms with Crippen LogP contribution in [0.25, 0.3) is 0 Å². The topological polar surface area (TPSA) is 59.1 Å². The Balaban J connectivity index is 1.51. The molecule has 1 aromatic heterocycles. The van der Waals surface area contributed by atoms with Crippen LogP contribution < -0.4 is 9.47 Å². The molecule has 4 rings (SSSR count). The largest absolute Gasteiger partial charge is 0.497 e. The number of carbonyl (C=O) groups is 2. The van der Waals surface area contributed by atoms with Gasteiger partial charge in [-0.15, -0.1) is 11.3 Å². The van der Waals surface area contributed by atoms with Crippen molar-refractivity contribution in [1.82, 2.24) is 9.80 Å². The lowest BCUT2D eigenvalue weighted by molar-refractivity contribution is -0.135. The van der Waals surface area contributed by atoms with Crippen LogP contribution in [-0.4, -0.2) is 55.0 Å². The van der Waals surface area contributed by atoms with Crippen molar-refractivity contribution in [3.63, 3.8) is 0 Å². The molecule has 0 aliphatic carbocycles. The molecule has 1 atom stereocenters. The van der Waals surface area contributed by atoms with Crippen LogP contribution in [-0.2, 0) is 11.2 Å². The predicted octanol–water partition coefficient (Wildman–Crippen LogP) is 4.95. The van der Waals surface area contributed by atoms with Crippen LogP contribution in [0.3, 0.4) is 0 Å². The molecule has 0 fully saturated rings. The van der Waals surface area contributed by atoms with Crippen LogP contribution >= 0.6 is 11.3 Å². The van der Waals surface area contributed by atoms with Crippen LogP contribution in [0.15, 0.2) is 60.0 Å². The maximum atomic E-state index is 13.5. The number of hydrogen-bond donors (Lipinski definition) is 0. The molecule has 2 heterocycles. The van der Waals surface area contributed by atoms with Crippen molar-refractivity contribution in [2.24, 2.45) is 0 Å². The maximum Gasteiger partial charge on any atom is 0.254 e. The molecule has 1 unspecified atom stereocenters. The molecule has 184 valence electrons. The van der Waals surface area contributed by atoms with Gasteiger partial charge in [0.2, 0.25) is 5.91 Å². The van der Waals surface area contributed by atoms with Gasteiger partial charge >= 0.3 is 0 Å². The zero-order valence-corrected chi connectivity index (χ0v) is 20.7. The number of rotatable bonds is 9. The van der Waals surface area contributed by atoms with E-state index in [0.717, 1.165) is 18.4 Å². The van der Waals surface area contributed by atoms with Gasteiger partial charge in [0.1, 0.15) is 30.5 Å². The summed E-state index contributed by atoms with van der Waals surface area (Å²) in [6.07, 6.45) is 1.50. The van der Waals surface area contributed by atoms with E-state index in [4.69, 9.17) is 9.47 Å². The smallest absolute Gasteiger partial charge is 0.254 e. The Labute approximate surface area is 208 Å². The van der Waals surface area contributed by atoms with Gasteiger partial charge in [0.15, 0.2) is 0 Å². The minimum atomic E-state index is -0.330. The number of carbonyl (C=O) groups excluding carboxylic acids is 2. The summed E-state index contributed by atoms with van der Waals surface area (Å²) < 4.78 is 24.5. The van der Waals surface area contributed by atoms with E-state index in [0.29, 0.717) is 30.2 Å². The van der Waals surface area contributed by atoms with Crippen LogP contribution in [0.2, 0.25) is 0 Å². The number of thiophene rings is 1. The highest BCUT2D eigenvalue weighted by molar-refractivity contribution is 7.10. The fraction of sp³-hybridized carbons (Fsp3) is 0.333. The maximum absolute atomic E-state index is 13.5. The fourth-order valence-electron chi connectivity index (χ4n) is 4.30. The number of nitrogens with zero attached hydrogens (tertiary/aromatic N) is 2. The number of methoxy groups -OCH3 is 1. The summed E-state index contributed by atoms with van der Waals surface area (Å²) in [6, 6.07) is 14.6. The standard InChI is InChI=1S/C27H29FN2O4S/c1-3-13-29(27(32)19-5-4-6-22(16-19)33-2)17-26(31)30-14-11-25-23(12-15-35-25)24(30)18-34-21-9-7-20(28)8-10-21/h4-10,12,15-16,24H,3,11,13-14,17-18H2,1-2H3. The molecule has 0 spiro atoms. The normalized spacial score (nSPS) is 14.8. The van der Waals surface area contributed by atoms with Crippen LogP contribution in [0.4, 0.5) is 4.39 Å². The minimum Gasteiger partial charge on any atom is -0.497 e. The molecule has 2 aromatic carbocycles. The third-order valence-corrected chi connectivity index (χ3v) is 7.06. The first-order valence-corrected chi connectivity index (χ1v) is 12.6.